The Hall–Kier alpha value is -1.50. The van der Waals surface area contributed by atoms with Gasteiger partial charge in [0, 0.05) is 43.7 Å². The van der Waals surface area contributed by atoms with Crippen molar-refractivity contribution in [3.63, 3.8) is 0 Å². The number of hydrogen-bond acceptors (Lipinski definition) is 9. The number of nitrogens with zero attached hydrogens (tertiary/aromatic N) is 3. The molecule has 2 saturated carbocycles. The number of nitriles is 2. The van der Waals surface area contributed by atoms with Crippen molar-refractivity contribution in [2.24, 2.45) is 11.8 Å². The Labute approximate surface area is 257 Å². The molecular formula is C31H52ClN7O3. The average molecular weight is 606 g/mol. The van der Waals surface area contributed by atoms with Crippen LogP contribution in [-0.4, -0.2) is 105 Å². The van der Waals surface area contributed by atoms with Crippen LogP contribution in [0.3, 0.4) is 0 Å². The predicted molar refractivity (Wildman–Crippen MR) is 163 cm³/mol. The molecule has 0 aromatic rings. The third kappa shape index (κ3) is 9.25. The molecule has 0 radical (unpaired) electrons. The fraction of sp³-hybridized carbons (Fsp3) is 0.903. The van der Waals surface area contributed by atoms with Crippen LogP contribution < -0.4 is 21.3 Å². The van der Waals surface area contributed by atoms with Crippen molar-refractivity contribution in [2.75, 3.05) is 40.4 Å². The van der Waals surface area contributed by atoms with Gasteiger partial charge in [0.1, 0.15) is 0 Å². The molecule has 11 heteroatoms. The van der Waals surface area contributed by atoms with Crippen LogP contribution in [0.15, 0.2) is 0 Å². The maximum absolute atomic E-state index is 12.9. The average Bonchev–Trinajstić information content (AvgIpc) is 2.97. The zero-order valence-electron chi connectivity index (χ0n) is 25.7. The highest BCUT2D eigenvalue weighted by atomic mass is 35.5. The monoisotopic (exact) mass is 605 g/mol. The number of ether oxygens (including phenoxy) is 2. The largest absolute Gasteiger partial charge is 0.376 e. The number of halogens is 1. The Bertz CT molecular complexity index is 942. The van der Waals surface area contributed by atoms with E-state index in [4.69, 9.17) is 21.1 Å². The van der Waals surface area contributed by atoms with Crippen LogP contribution >= 0.6 is 11.6 Å². The lowest BCUT2D eigenvalue weighted by Gasteiger charge is -2.50. The molecule has 4 rings (SSSR count). The highest BCUT2D eigenvalue weighted by Crippen LogP contribution is 2.36. The number of fused-ring (bicyclic) bond motifs is 1. The molecule has 11 unspecified atom stereocenters. The van der Waals surface area contributed by atoms with Crippen molar-refractivity contribution in [1.82, 2.24) is 26.2 Å². The Morgan fingerprint density at radius 3 is 2.62 bits per heavy atom. The SMILES string of the molecule is CCOC1CC2NCC(C#N)C(NC3CCC(OCC4CCCC(C#N)N4)C(Cl)C3)C2CC1NC(=O)CCCN(C)C. The topological polar surface area (TPSA) is 134 Å². The molecule has 0 spiro atoms. The summed E-state index contributed by atoms with van der Waals surface area (Å²) in [5.74, 6) is 0.130. The van der Waals surface area contributed by atoms with Crippen molar-refractivity contribution < 1.29 is 14.3 Å². The van der Waals surface area contributed by atoms with Crippen molar-refractivity contribution in [2.45, 2.75) is 125 Å². The fourth-order valence-electron chi connectivity index (χ4n) is 7.48. The Morgan fingerprint density at radius 2 is 1.90 bits per heavy atom. The van der Waals surface area contributed by atoms with Gasteiger partial charge in [-0.2, -0.15) is 10.5 Å². The second-order valence-electron chi connectivity index (χ2n) is 13.0. The second-order valence-corrected chi connectivity index (χ2v) is 13.6. The molecule has 10 nitrogen and oxygen atoms in total. The number of amides is 1. The fourth-order valence-corrected chi connectivity index (χ4v) is 7.89. The van der Waals surface area contributed by atoms with E-state index in [0.29, 0.717) is 26.2 Å². The molecule has 0 aromatic carbocycles. The quantitative estimate of drug-likeness (QED) is 0.247. The molecule has 2 aliphatic carbocycles. The highest BCUT2D eigenvalue weighted by molar-refractivity contribution is 6.21. The van der Waals surface area contributed by atoms with Crippen molar-refractivity contribution >= 4 is 17.5 Å². The van der Waals surface area contributed by atoms with Gasteiger partial charge in [0.2, 0.25) is 5.91 Å². The van der Waals surface area contributed by atoms with E-state index in [1.165, 1.54) is 0 Å². The normalized spacial score (nSPS) is 38.7. The van der Waals surface area contributed by atoms with Crippen LogP contribution in [-0.2, 0) is 14.3 Å². The molecule has 236 valence electrons. The van der Waals surface area contributed by atoms with E-state index in [-0.39, 0.29) is 71.6 Å². The van der Waals surface area contributed by atoms with Crippen LogP contribution in [0.25, 0.3) is 0 Å². The van der Waals surface area contributed by atoms with E-state index in [0.717, 1.165) is 64.3 Å². The maximum atomic E-state index is 12.9. The molecule has 0 bridgehead atoms. The molecule has 4 N–H and O–H groups in total. The van der Waals surface area contributed by atoms with Crippen LogP contribution in [0, 0.1) is 34.5 Å². The van der Waals surface area contributed by atoms with Crippen LogP contribution in [0.4, 0.5) is 0 Å². The lowest BCUT2D eigenvalue weighted by atomic mass is 9.69. The van der Waals surface area contributed by atoms with Crippen molar-refractivity contribution in [1.29, 1.82) is 10.5 Å². The van der Waals surface area contributed by atoms with E-state index >= 15 is 0 Å². The van der Waals surface area contributed by atoms with E-state index in [1.807, 2.05) is 21.0 Å². The molecular weight excluding hydrogens is 554 g/mol. The van der Waals surface area contributed by atoms with Crippen LogP contribution in [0.1, 0.15) is 71.1 Å². The van der Waals surface area contributed by atoms with Gasteiger partial charge in [-0.3, -0.25) is 10.1 Å². The van der Waals surface area contributed by atoms with Crippen LogP contribution in [0.5, 0.6) is 0 Å². The number of piperidine rings is 2. The number of nitrogens with one attached hydrogen (secondary N) is 4. The summed E-state index contributed by atoms with van der Waals surface area (Å²) >= 11 is 6.89. The summed E-state index contributed by atoms with van der Waals surface area (Å²) in [6, 6.07) is 5.41. The molecule has 42 heavy (non-hydrogen) atoms. The maximum Gasteiger partial charge on any atom is 0.220 e. The number of rotatable bonds is 12. The lowest BCUT2D eigenvalue weighted by Crippen LogP contribution is -2.66. The van der Waals surface area contributed by atoms with E-state index in [9.17, 15) is 15.3 Å². The minimum Gasteiger partial charge on any atom is -0.376 e. The van der Waals surface area contributed by atoms with Gasteiger partial charge < -0.3 is 30.3 Å². The third-order valence-corrected chi connectivity index (χ3v) is 10.1. The predicted octanol–water partition coefficient (Wildman–Crippen LogP) is 2.28. The van der Waals surface area contributed by atoms with E-state index < -0.39 is 0 Å². The summed E-state index contributed by atoms with van der Waals surface area (Å²) in [5.41, 5.74) is 0. The summed E-state index contributed by atoms with van der Waals surface area (Å²) < 4.78 is 12.4. The standard InChI is InChI=1S/C31H52ClN7O3/c1-4-41-29-15-26-24(14-27(29)38-30(40)9-6-12-39(2)3)31(20(16-33)18-35-26)37-21-10-11-28(25(32)13-21)42-19-23-8-5-7-22(17-34)36-23/h20-29,31,35-37H,4-15,18-19H2,1-3H3,(H,38,40). The smallest absolute Gasteiger partial charge is 0.220 e. The lowest BCUT2D eigenvalue weighted by molar-refractivity contribution is -0.124. The van der Waals surface area contributed by atoms with E-state index in [2.05, 4.69) is 38.3 Å². The van der Waals surface area contributed by atoms with Gasteiger partial charge in [-0.25, -0.2) is 0 Å². The minimum absolute atomic E-state index is 0.00441. The number of carbonyl (C=O) groups is 1. The van der Waals surface area contributed by atoms with Gasteiger partial charge in [0.05, 0.1) is 54.3 Å². The first-order valence-electron chi connectivity index (χ1n) is 16.2. The first kappa shape index (κ1) is 33.4. The summed E-state index contributed by atoms with van der Waals surface area (Å²) in [6.45, 7) is 4.73. The summed E-state index contributed by atoms with van der Waals surface area (Å²) in [7, 11) is 4.04. The molecule has 0 aromatic heterocycles. The second kappa shape index (κ2) is 16.5. The summed E-state index contributed by atoms with van der Waals surface area (Å²) in [4.78, 5) is 15.0. The minimum atomic E-state index is -0.153. The first-order chi connectivity index (χ1) is 20.3. The van der Waals surface area contributed by atoms with Crippen molar-refractivity contribution in [3.05, 3.63) is 0 Å². The van der Waals surface area contributed by atoms with Gasteiger partial charge in [0.25, 0.3) is 0 Å². The third-order valence-electron chi connectivity index (χ3n) is 9.67. The summed E-state index contributed by atoms with van der Waals surface area (Å²) in [5, 5.41) is 33.4. The number of alkyl halides is 1. The Morgan fingerprint density at radius 1 is 1.07 bits per heavy atom. The van der Waals surface area contributed by atoms with Gasteiger partial charge >= 0.3 is 0 Å². The zero-order valence-corrected chi connectivity index (χ0v) is 26.5. The Kier molecular flexibility index (Phi) is 13.1. The highest BCUT2D eigenvalue weighted by Gasteiger charge is 2.47. The van der Waals surface area contributed by atoms with Crippen LogP contribution in [0.2, 0.25) is 0 Å². The van der Waals surface area contributed by atoms with Gasteiger partial charge in [-0.1, -0.05) is 0 Å². The zero-order chi connectivity index (χ0) is 30.1. The van der Waals surface area contributed by atoms with Gasteiger partial charge in [-0.15, -0.1) is 11.6 Å². The molecule has 11 atom stereocenters. The molecule has 1 amide bonds. The number of hydrogen-bond donors (Lipinski definition) is 4. The van der Waals surface area contributed by atoms with Gasteiger partial charge in [-0.05, 0) is 91.3 Å². The first-order valence-corrected chi connectivity index (χ1v) is 16.6. The Balaban J connectivity index is 1.33. The molecule has 4 aliphatic rings. The van der Waals surface area contributed by atoms with E-state index in [1.54, 1.807) is 0 Å². The molecule has 4 fully saturated rings. The summed E-state index contributed by atoms with van der Waals surface area (Å²) in [6.07, 6.45) is 8.45. The number of carbonyl (C=O) groups excluding carboxylic acids is 1. The molecule has 2 heterocycles. The van der Waals surface area contributed by atoms with Crippen molar-refractivity contribution in [3.8, 4) is 12.1 Å². The molecule has 2 aliphatic heterocycles. The molecule has 2 saturated heterocycles. The van der Waals surface area contributed by atoms with Gasteiger partial charge in [0.15, 0.2) is 0 Å².